The molecule has 19 heavy (non-hydrogen) atoms. The minimum absolute atomic E-state index is 0.0122. The van der Waals surface area contributed by atoms with Crippen LogP contribution >= 0.6 is 0 Å². The predicted molar refractivity (Wildman–Crippen MR) is 64.5 cm³/mol. The van der Waals surface area contributed by atoms with E-state index >= 15 is 0 Å². The zero-order chi connectivity index (χ0) is 14.0. The van der Waals surface area contributed by atoms with E-state index in [-0.39, 0.29) is 28.6 Å². The molecule has 6 nitrogen and oxygen atoms in total. The van der Waals surface area contributed by atoms with Gasteiger partial charge in [-0.15, -0.1) is 0 Å². The van der Waals surface area contributed by atoms with E-state index < -0.39 is 11.7 Å². The van der Waals surface area contributed by atoms with Crippen LogP contribution in [0, 0.1) is 0 Å². The smallest absolute Gasteiger partial charge is 0.343 e. The fourth-order valence-corrected chi connectivity index (χ4v) is 1.44. The molecule has 0 aliphatic heterocycles. The maximum Gasteiger partial charge on any atom is 0.343 e. The second-order valence-electron chi connectivity index (χ2n) is 3.78. The van der Waals surface area contributed by atoms with Gasteiger partial charge < -0.3 is 25.2 Å². The van der Waals surface area contributed by atoms with Gasteiger partial charge in [0.1, 0.15) is 17.2 Å². The first-order valence-electron chi connectivity index (χ1n) is 5.23. The molecule has 2 aromatic rings. The number of esters is 1. The molecular weight excluding hydrogens is 252 g/mol. The minimum Gasteiger partial charge on any atom is -0.508 e. The van der Waals surface area contributed by atoms with E-state index in [9.17, 15) is 20.1 Å². The van der Waals surface area contributed by atoms with E-state index in [1.54, 1.807) is 0 Å². The van der Waals surface area contributed by atoms with Crippen LogP contribution in [0.15, 0.2) is 36.4 Å². The zero-order valence-corrected chi connectivity index (χ0v) is 9.57. The summed E-state index contributed by atoms with van der Waals surface area (Å²) < 4.78 is 4.91. The maximum atomic E-state index is 11.7. The number of phenols is 4. The van der Waals surface area contributed by atoms with Gasteiger partial charge in [-0.05, 0) is 18.2 Å². The summed E-state index contributed by atoms with van der Waals surface area (Å²) in [5.41, 5.74) is 0.0122. The summed E-state index contributed by atoms with van der Waals surface area (Å²) in [7, 11) is 0. The van der Waals surface area contributed by atoms with Crippen LogP contribution in [0.25, 0.3) is 0 Å². The monoisotopic (exact) mass is 262 g/mol. The van der Waals surface area contributed by atoms with Crippen LogP contribution in [0.2, 0.25) is 0 Å². The average Bonchev–Trinajstić information content (AvgIpc) is 2.31. The Morgan fingerprint density at radius 1 is 0.842 bits per heavy atom. The van der Waals surface area contributed by atoms with Gasteiger partial charge in [-0.25, -0.2) is 4.79 Å². The largest absolute Gasteiger partial charge is 0.508 e. The van der Waals surface area contributed by atoms with Crippen molar-refractivity contribution in [3.63, 3.8) is 0 Å². The first-order chi connectivity index (χ1) is 8.95. The molecule has 98 valence electrons. The lowest BCUT2D eigenvalue weighted by Gasteiger charge is -2.06. The summed E-state index contributed by atoms with van der Waals surface area (Å²) in [6.07, 6.45) is 0. The Labute approximate surface area is 107 Å². The zero-order valence-electron chi connectivity index (χ0n) is 9.57. The van der Waals surface area contributed by atoms with Crippen molar-refractivity contribution in [1.82, 2.24) is 0 Å². The number of phenolic OH excluding ortho intramolecular Hbond substituents is 4. The highest BCUT2D eigenvalue weighted by molar-refractivity contribution is 5.91. The van der Waals surface area contributed by atoms with Crippen LogP contribution in [0.4, 0.5) is 0 Å². The van der Waals surface area contributed by atoms with Gasteiger partial charge in [-0.3, -0.25) is 0 Å². The normalized spacial score (nSPS) is 10.1. The first kappa shape index (κ1) is 12.6. The third kappa shape index (κ3) is 2.86. The summed E-state index contributed by atoms with van der Waals surface area (Å²) in [5, 5.41) is 36.9. The highest BCUT2D eigenvalue weighted by Gasteiger charge is 2.12. The first-order valence-corrected chi connectivity index (χ1v) is 5.23. The molecule has 0 heterocycles. The van der Waals surface area contributed by atoms with Crippen molar-refractivity contribution < 1.29 is 30.0 Å². The number of hydrogen-bond acceptors (Lipinski definition) is 6. The second-order valence-corrected chi connectivity index (χ2v) is 3.78. The van der Waals surface area contributed by atoms with Crippen LogP contribution in [0.3, 0.4) is 0 Å². The van der Waals surface area contributed by atoms with E-state index in [4.69, 9.17) is 9.84 Å². The van der Waals surface area contributed by atoms with Crippen LogP contribution in [-0.2, 0) is 0 Å². The molecule has 4 N–H and O–H groups in total. The van der Waals surface area contributed by atoms with Gasteiger partial charge in [-0.2, -0.15) is 0 Å². The molecule has 0 radical (unpaired) electrons. The summed E-state index contributed by atoms with van der Waals surface area (Å²) in [6.45, 7) is 0. The Morgan fingerprint density at radius 3 is 2.05 bits per heavy atom. The van der Waals surface area contributed by atoms with Gasteiger partial charge in [0.25, 0.3) is 0 Å². The number of benzene rings is 2. The number of hydrogen-bond donors (Lipinski definition) is 4. The number of carbonyl (C=O) groups excluding carboxylic acids is 1. The maximum absolute atomic E-state index is 11.7. The van der Waals surface area contributed by atoms with E-state index in [2.05, 4.69) is 0 Å². The fourth-order valence-electron chi connectivity index (χ4n) is 1.44. The number of rotatable bonds is 2. The Bertz CT molecular complexity index is 615. The average molecular weight is 262 g/mol. The minimum atomic E-state index is -0.805. The molecule has 0 bridgehead atoms. The summed E-state index contributed by atoms with van der Waals surface area (Å²) >= 11 is 0. The predicted octanol–water partition coefficient (Wildman–Crippen LogP) is 1.73. The van der Waals surface area contributed by atoms with Crippen LogP contribution < -0.4 is 4.74 Å². The van der Waals surface area contributed by atoms with Crippen molar-refractivity contribution in [2.24, 2.45) is 0 Å². The highest BCUT2D eigenvalue weighted by Crippen LogP contribution is 2.28. The van der Waals surface area contributed by atoms with E-state index in [0.717, 1.165) is 30.3 Å². The van der Waals surface area contributed by atoms with Crippen molar-refractivity contribution >= 4 is 5.97 Å². The molecule has 6 heteroatoms. The van der Waals surface area contributed by atoms with Gasteiger partial charge >= 0.3 is 5.97 Å². The Hall–Kier alpha value is -2.89. The molecule has 2 rings (SSSR count). The lowest BCUT2D eigenvalue weighted by molar-refractivity contribution is 0.0734. The van der Waals surface area contributed by atoms with Gasteiger partial charge in [0.2, 0.25) is 0 Å². The summed E-state index contributed by atoms with van der Waals surface area (Å²) in [6, 6.07) is 6.84. The fraction of sp³-hybridized carbons (Fsp3) is 0. The molecule has 0 aromatic heterocycles. The number of ether oxygens (including phenoxy) is 1. The van der Waals surface area contributed by atoms with Crippen molar-refractivity contribution in [1.29, 1.82) is 0 Å². The molecule has 0 aliphatic carbocycles. The Balaban J connectivity index is 2.22. The van der Waals surface area contributed by atoms with Crippen molar-refractivity contribution in [2.45, 2.75) is 0 Å². The number of aromatic hydroxyl groups is 4. The molecule has 0 saturated carbocycles. The molecule has 0 aliphatic rings. The van der Waals surface area contributed by atoms with Gasteiger partial charge in [0.15, 0.2) is 11.5 Å². The molecule has 2 aromatic carbocycles. The Morgan fingerprint density at radius 2 is 1.47 bits per heavy atom. The quantitative estimate of drug-likeness (QED) is 0.373. The molecule has 0 spiro atoms. The molecule has 0 atom stereocenters. The summed E-state index contributed by atoms with van der Waals surface area (Å²) in [4.78, 5) is 11.7. The van der Waals surface area contributed by atoms with Crippen LogP contribution in [-0.4, -0.2) is 26.4 Å². The van der Waals surface area contributed by atoms with E-state index in [1.165, 1.54) is 6.07 Å². The third-order valence-corrected chi connectivity index (χ3v) is 2.30. The van der Waals surface area contributed by atoms with Crippen LogP contribution in [0.1, 0.15) is 10.4 Å². The van der Waals surface area contributed by atoms with Gasteiger partial charge in [-0.1, -0.05) is 0 Å². The van der Waals surface area contributed by atoms with Crippen molar-refractivity contribution in [2.75, 3.05) is 0 Å². The van der Waals surface area contributed by atoms with Crippen molar-refractivity contribution in [3.8, 4) is 28.7 Å². The van der Waals surface area contributed by atoms with E-state index in [0.29, 0.717) is 0 Å². The lowest BCUT2D eigenvalue weighted by atomic mass is 10.2. The topological polar surface area (TPSA) is 107 Å². The SMILES string of the molecule is O=C(Oc1cc(O)cc(O)c1)c1ccc(O)c(O)c1. The second kappa shape index (κ2) is 4.77. The number of carbonyl (C=O) groups is 1. The van der Waals surface area contributed by atoms with Gasteiger partial charge in [0.05, 0.1) is 5.56 Å². The molecule has 0 unspecified atom stereocenters. The van der Waals surface area contributed by atoms with Crippen LogP contribution in [0.5, 0.6) is 28.7 Å². The van der Waals surface area contributed by atoms with Gasteiger partial charge in [0, 0.05) is 18.2 Å². The van der Waals surface area contributed by atoms with E-state index in [1.807, 2.05) is 0 Å². The molecule has 0 saturated heterocycles. The lowest BCUT2D eigenvalue weighted by Crippen LogP contribution is -2.08. The molecule has 0 amide bonds. The molecule has 0 fully saturated rings. The Kier molecular flexibility index (Phi) is 3.15. The highest BCUT2D eigenvalue weighted by atomic mass is 16.5. The third-order valence-electron chi connectivity index (χ3n) is 2.30. The van der Waals surface area contributed by atoms with Crippen molar-refractivity contribution in [3.05, 3.63) is 42.0 Å². The molecular formula is C13H10O6. The standard InChI is InChI=1S/C13H10O6/c14-8-4-9(15)6-10(5-8)19-13(18)7-1-2-11(16)12(17)3-7/h1-6,14-17H. The summed E-state index contributed by atoms with van der Waals surface area (Å²) in [5.74, 6) is -2.16.